The van der Waals surface area contributed by atoms with E-state index in [1.165, 1.54) is 0 Å². The molecule has 0 radical (unpaired) electrons. The van der Waals surface area contributed by atoms with E-state index >= 15 is 0 Å². The van der Waals surface area contributed by atoms with Crippen molar-refractivity contribution in [3.63, 3.8) is 0 Å². The molecule has 0 saturated heterocycles. The van der Waals surface area contributed by atoms with E-state index in [0.29, 0.717) is 27.9 Å². The predicted molar refractivity (Wildman–Crippen MR) is 101 cm³/mol. The van der Waals surface area contributed by atoms with E-state index in [9.17, 15) is 9.59 Å². The molecule has 6 heteroatoms. The van der Waals surface area contributed by atoms with Crippen molar-refractivity contribution < 1.29 is 19.1 Å². The third-order valence-electron chi connectivity index (χ3n) is 4.34. The van der Waals surface area contributed by atoms with Crippen molar-refractivity contribution >= 4 is 22.8 Å². The summed E-state index contributed by atoms with van der Waals surface area (Å²) in [5, 5.41) is 0. The topological polar surface area (TPSA) is 78.4 Å². The Labute approximate surface area is 157 Å². The first-order valence-corrected chi connectivity index (χ1v) is 8.53. The molecule has 0 aliphatic carbocycles. The third kappa shape index (κ3) is 3.95. The number of esters is 1. The number of ether oxygens (including phenoxy) is 2. The second-order valence-electron chi connectivity index (χ2n) is 6.24. The highest BCUT2D eigenvalue weighted by Gasteiger charge is 2.21. The zero-order chi connectivity index (χ0) is 19.6. The molecule has 0 amide bonds. The number of ketones is 1. The Morgan fingerprint density at radius 1 is 0.889 bits per heavy atom. The lowest BCUT2D eigenvalue weighted by Gasteiger charge is -2.13. The number of fused-ring (bicyclic) bond motifs is 1. The van der Waals surface area contributed by atoms with E-state index in [4.69, 9.17) is 9.47 Å². The molecule has 1 atom stereocenters. The van der Waals surface area contributed by atoms with Gasteiger partial charge in [-0.05, 0) is 63.2 Å². The first-order chi connectivity index (χ1) is 12.9. The highest BCUT2D eigenvalue weighted by molar-refractivity contribution is 6.02. The van der Waals surface area contributed by atoms with Crippen LogP contribution in [0.3, 0.4) is 0 Å². The minimum absolute atomic E-state index is 0.280. The van der Waals surface area contributed by atoms with E-state index in [-0.39, 0.29) is 5.78 Å². The Balaban J connectivity index is 1.76. The summed E-state index contributed by atoms with van der Waals surface area (Å²) in [5.41, 5.74) is 3.74. The van der Waals surface area contributed by atoms with Gasteiger partial charge < -0.3 is 9.47 Å². The first-order valence-electron chi connectivity index (χ1n) is 8.53. The summed E-state index contributed by atoms with van der Waals surface area (Å²) in [6.07, 6.45) is -0.910. The number of hydrogen-bond acceptors (Lipinski definition) is 6. The average Bonchev–Trinajstić information content (AvgIpc) is 2.68. The van der Waals surface area contributed by atoms with Crippen molar-refractivity contribution in [1.82, 2.24) is 9.97 Å². The Morgan fingerprint density at radius 3 is 2.11 bits per heavy atom. The molecule has 6 nitrogen and oxygen atoms in total. The SMILES string of the molecule is COc1ccc(C(=O)[C@@H](C)OC(=O)c2ccc3nc(C)c(C)nc3c2)cc1. The number of carbonyl (C=O) groups is 2. The fraction of sp³-hybridized carbons (Fsp3) is 0.238. The maximum absolute atomic E-state index is 12.5. The molecule has 0 aliphatic rings. The predicted octanol–water partition coefficient (Wildman–Crippen LogP) is 3.68. The van der Waals surface area contributed by atoms with Crippen LogP contribution in [0.1, 0.15) is 39.0 Å². The van der Waals surface area contributed by atoms with Crippen molar-refractivity contribution in [1.29, 1.82) is 0 Å². The van der Waals surface area contributed by atoms with E-state index in [0.717, 1.165) is 11.4 Å². The highest BCUT2D eigenvalue weighted by atomic mass is 16.5. The largest absolute Gasteiger partial charge is 0.497 e. The summed E-state index contributed by atoms with van der Waals surface area (Å²) >= 11 is 0. The molecule has 0 saturated carbocycles. The molecule has 1 heterocycles. The molecule has 1 aromatic heterocycles. The average molecular weight is 364 g/mol. The molecule has 0 spiro atoms. The van der Waals surface area contributed by atoms with Gasteiger partial charge in [-0.15, -0.1) is 0 Å². The van der Waals surface area contributed by atoms with Crippen LogP contribution in [0.25, 0.3) is 11.0 Å². The van der Waals surface area contributed by atoms with Crippen LogP contribution in [0.2, 0.25) is 0 Å². The smallest absolute Gasteiger partial charge is 0.338 e. The molecule has 2 aromatic carbocycles. The molecule has 0 bridgehead atoms. The number of rotatable bonds is 5. The molecule has 0 N–H and O–H groups in total. The van der Waals surface area contributed by atoms with Gasteiger partial charge in [-0.2, -0.15) is 0 Å². The summed E-state index contributed by atoms with van der Waals surface area (Å²) in [4.78, 5) is 33.8. The van der Waals surface area contributed by atoms with Gasteiger partial charge in [-0.25, -0.2) is 14.8 Å². The Morgan fingerprint density at radius 2 is 1.48 bits per heavy atom. The summed E-state index contributed by atoms with van der Waals surface area (Å²) in [6.45, 7) is 5.30. The minimum atomic E-state index is -0.910. The lowest BCUT2D eigenvalue weighted by atomic mass is 10.1. The van der Waals surface area contributed by atoms with Crippen LogP contribution in [0.5, 0.6) is 5.75 Å². The summed E-state index contributed by atoms with van der Waals surface area (Å²) in [5.74, 6) is -0.205. The Bertz CT molecular complexity index is 1010. The van der Waals surface area contributed by atoms with Crippen LogP contribution in [0.15, 0.2) is 42.5 Å². The van der Waals surface area contributed by atoms with Crippen molar-refractivity contribution in [3.05, 3.63) is 65.0 Å². The standard InChI is InChI=1S/C21H20N2O4/c1-12-13(2)23-19-11-16(7-10-18(19)22-12)21(25)27-14(3)20(24)15-5-8-17(26-4)9-6-15/h5-11,14H,1-4H3/t14-/m1/s1. The summed E-state index contributed by atoms with van der Waals surface area (Å²) in [7, 11) is 1.55. The second-order valence-corrected chi connectivity index (χ2v) is 6.24. The van der Waals surface area contributed by atoms with Gasteiger partial charge in [0.1, 0.15) is 5.75 Å². The van der Waals surface area contributed by atoms with Gasteiger partial charge in [0.2, 0.25) is 5.78 Å². The summed E-state index contributed by atoms with van der Waals surface area (Å²) in [6, 6.07) is 11.6. The molecular formula is C21H20N2O4. The van der Waals surface area contributed by atoms with Crippen molar-refractivity contribution in [2.45, 2.75) is 26.9 Å². The van der Waals surface area contributed by atoms with Crippen molar-refractivity contribution in [2.24, 2.45) is 0 Å². The van der Waals surface area contributed by atoms with Crippen molar-refractivity contribution in [2.75, 3.05) is 7.11 Å². The van der Waals surface area contributed by atoms with Gasteiger partial charge in [0.15, 0.2) is 6.10 Å². The van der Waals surface area contributed by atoms with Crippen molar-refractivity contribution in [3.8, 4) is 5.75 Å². The molecule has 27 heavy (non-hydrogen) atoms. The van der Waals surface area contributed by atoms with Crippen LogP contribution in [-0.2, 0) is 4.74 Å². The van der Waals surface area contributed by atoms with Gasteiger partial charge >= 0.3 is 5.97 Å². The van der Waals surface area contributed by atoms with Gasteiger partial charge in [0.25, 0.3) is 0 Å². The number of Topliss-reactive ketones (excluding diaryl/α,β-unsaturated/α-hetero) is 1. The number of methoxy groups -OCH3 is 1. The van der Waals surface area contributed by atoms with Gasteiger partial charge in [0, 0.05) is 5.56 Å². The monoisotopic (exact) mass is 364 g/mol. The van der Waals surface area contributed by atoms with Crippen LogP contribution < -0.4 is 4.74 Å². The van der Waals surface area contributed by atoms with E-state index in [1.54, 1.807) is 56.5 Å². The lowest BCUT2D eigenvalue weighted by Crippen LogP contribution is -2.24. The molecule has 0 aliphatic heterocycles. The fourth-order valence-electron chi connectivity index (χ4n) is 2.63. The molecule has 3 aromatic rings. The van der Waals surface area contributed by atoms with Crippen LogP contribution in [0, 0.1) is 13.8 Å². The lowest BCUT2D eigenvalue weighted by molar-refractivity contribution is 0.0319. The third-order valence-corrected chi connectivity index (χ3v) is 4.34. The van der Waals surface area contributed by atoms with Crippen LogP contribution in [-0.4, -0.2) is 34.9 Å². The van der Waals surface area contributed by atoms with Crippen LogP contribution >= 0.6 is 0 Å². The number of hydrogen-bond donors (Lipinski definition) is 0. The molecule has 0 fully saturated rings. The maximum atomic E-state index is 12.5. The zero-order valence-electron chi connectivity index (χ0n) is 15.6. The molecule has 138 valence electrons. The van der Waals surface area contributed by atoms with Crippen LogP contribution in [0.4, 0.5) is 0 Å². The zero-order valence-corrected chi connectivity index (χ0v) is 15.6. The Hall–Kier alpha value is -3.28. The van der Waals surface area contributed by atoms with E-state index < -0.39 is 12.1 Å². The molecule has 3 rings (SSSR count). The summed E-state index contributed by atoms with van der Waals surface area (Å²) < 4.78 is 10.4. The molecular weight excluding hydrogens is 344 g/mol. The number of aryl methyl sites for hydroxylation is 2. The normalized spacial score (nSPS) is 11.9. The number of aromatic nitrogens is 2. The minimum Gasteiger partial charge on any atom is -0.497 e. The second kappa shape index (κ2) is 7.53. The van der Waals surface area contributed by atoms with Gasteiger partial charge in [-0.1, -0.05) is 0 Å². The van der Waals surface area contributed by atoms with Gasteiger partial charge in [0.05, 0.1) is 35.1 Å². The quantitative estimate of drug-likeness (QED) is 0.508. The number of nitrogens with zero attached hydrogens (tertiary/aromatic N) is 2. The number of carbonyl (C=O) groups excluding carboxylic acids is 2. The fourth-order valence-corrected chi connectivity index (χ4v) is 2.63. The first kappa shape index (κ1) is 18.5. The van der Waals surface area contributed by atoms with Gasteiger partial charge in [-0.3, -0.25) is 4.79 Å². The maximum Gasteiger partial charge on any atom is 0.338 e. The van der Waals surface area contributed by atoms with E-state index in [2.05, 4.69) is 9.97 Å². The highest BCUT2D eigenvalue weighted by Crippen LogP contribution is 2.17. The van der Waals surface area contributed by atoms with E-state index in [1.807, 2.05) is 13.8 Å². The molecule has 0 unspecified atom stereocenters. The Kier molecular flexibility index (Phi) is 5.16. The number of benzene rings is 2.